The van der Waals surface area contributed by atoms with Crippen LogP contribution in [0.4, 0.5) is 11.4 Å². The number of aliphatic imine (C=N–C) groups is 2. The molecule has 246 valence electrons. The summed E-state index contributed by atoms with van der Waals surface area (Å²) in [4.78, 5) is 15.1. The monoisotopic (exact) mass is 707 g/mol. The van der Waals surface area contributed by atoms with E-state index >= 15 is 0 Å². The Morgan fingerprint density at radius 3 is 1.04 bits per heavy atom. The quantitative estimate of drug-likeness (QED) is 0.209. The SMILES string of the molecule is CCCc1cc(CCC)c(N=Cc2cc(C)cc(C=Nc3c(CCC)cc(CCC)cc3CCC)n2)c(CCC)c1.[Cl-].[Cl-].[Cl-].[V+3]. The van der Waals surface area contributed by atoms with E-state index in [9.17, 15) is 0 Å². The molecule has 2 aromatic carbocycles. The van der Waals surface area contributed by atoms with E-state index in [0.717, 1.165) is 87.0 Å². The van der Waals surface area contributed by atoms with E-state index in [0.29, 0.717) is 0 Å². The number of halogens is 3. The summed E-state index contributed by atoms with van der Waals surface area (Å²) in [6.07, 6.45) is 17.2. The minimum atomic E-state index is 0. The van der Waals surface area contributed by atoms with Crippen LogP contribution in [-0.2, 0) is 57.1 Å². The summed E-state index contributed by atoms with van der Waals surface area (Å²) in [6, 6.07) is 13.8. The van der Waals surface area contributed by atoms with Gasteiger partial charge in [-0.1, -0.05) is 104 Å². The molecule has 1 aromatic heterocycles. The van der Waals surface area contributed by atoms with Crippen LogP contribution in [0.3, 0.4) is 0 Å². The predicted octanol–water partition coefficient (Wildman–Crippen LogP) is 1.62. The van der Waals surface area contributed by atoms with Crippen molar-refractivity contribution in [1.29, 1.82) is 0 Å². The Balaban J connectivity index is 0. The number of rotatable bonds is 16. The first-order chi connectivity index (χ1) is 20.0. The normalized spacial score (nSPS) is 10.7. The molecule has 0 aliphatic carbocycles. The third kappa shape index (κ3) is 14.0. The molecule has 0 saturated carbocycles. The number of aromatic nitrogens is 1. The maximum atomic E-state index is 5.09. The van der Waals surface area contributed by atoms with Gasteiger partial charge in [0.15, 0.2) is 0 Å². The number of benzene rings is 2. The van der Waals surface area contributed by atoms with E-state index in [1.54, 1.807) is 0 Å². The molecule has 0 saturated heterocycles. The molecule has 0 unspecified atom stereocenters. The average molecular weight is 709 g/mol. The Labute approximate surface area is 305 Å². The Morgan fingerprint density at radius 2 is 0.778 bits per heavy atom. The molecule has 3 aromatic rings. The van der Waals surface area contributed by atoms with Crippen LogP contribution in [0.15, 0.2) is 46.4 Å². The summed E-state index contributed by atoms with van der Waals surface area (Å²) in [6.45, 7) is 15.7. The van der Waals surface area contributed by atoms with Gasteiger partial charge in [0.1, 0.15) is 0 Å². The Bertz CT molecular complexity index is 1190. The van der Waals surface area contributed by atoms with Gasteiger partial charge in [-0.2, -0.15) is 0 Å². The molecule has 1 heterocycles. The van der Waals surface area contributed by atoms with Gasteiger partial charge in [-0.3, -0.25) is 9.98 Å². The number of nitrogens with zero attached hydrogens (tertiary/aromatic N) is 3. The summed E-state index contributed by atoms with van der Waals surface area (Å²) < 4.78 is 0. The summed E-state index contributed by atoms with van der Waals surface area (Å²) in [5.41, 5.74) is 13.6. The molecule has 0 aliphatic heterocycles. The first-order valence-corrected chi connectivity index (χ1v) is 16.3. The van der Waals surface area contributed by atoms with Crippen molar-refractivity contribution in [3.63, 3.8) is 0 Å². The summed E-state index contributed by atoms with van der Waals surface area (Å²) >= 11 is 0. The second-order valence-electron chi connectivity index (χ2n) is 11.5. The maximum Gasteiger partial charge on any atom is 3.00 e. The van der Waals surface area contributed by atoms with E-state index in [1.165, 1.54) is 51.8 Å². The maximum absolute atomic E-state index is 5.09. The molecular formula is C38H53Cl3N3V. The summed E-state index contributed by atoms with van der Waals surface area (Å²) in [7, 11) is 0. The average Bonchev–Trinajstić information content (AvgIpc) is 2.93. The molecule has 0 amide bonds. The van der Waals surface area contributed by atoms with Gasteiger partial charge in [-0.05, 0) is 96.5 Å². The van der Waals surface area contributed by atoms with Crippen molar-refractivity contribution >= 4 is 23.8 Å². The number of hydrogen-bond donors (Lipinski definition) is 0. The molecule has 0 bridgehead atoms. The van der Waals surface area contributed by atoms with Gasteiger partial charge in [0.25, 0.3) is 0 Å². The molecule has 7 heteroatoms. The van der Waals surface area contributed by atoms with Crippen molar-refractivity contribution in [2.75, 3.05) is 0 Å². The fourth-order valence-corrected chi connectivity index (χ4v) is 5.82. The van der Waals surface area contributed by atoms with Crippen LogP contribution in [0.2, 0.25) is 0 Å². The van der Waals surface area contributed by atoms with E-state index in [4.69, 9.17) is 15.0 Å². The van der Waals surface area contributed by atoms with Gasteiger partial charge in [-0.15, -0.1) is 0 Å². The van der Waals surface area contributed by atoms with Gasteiger partial charge in [0, 0.05) is 0 Å². The molecule has 0 N–H and O–H groups in total. The van der Waals surface area contributed by atoms with E-state index in [1.807, 2.05) is 12.4 Å². The van der Waals surface area contributed by atoms with Crippen LogP contribution in [0.25, 0.3) is 0 Å². The predicted molar refractivity (Wildman–Crippen MR) is 180 cm³/mol. The van der Waals surface area contributed by atoms with Crippen molar-refractivity contribution in [3.8, 4) is 0 Å². The van der Waals surface area contributed by atoms with Gasteiger partial charge in [0.2, 0.25) is 0 Å². The number of pyridine rings is 1. The smallest absolute Gasteiger partial charge is 1.00 e. The first kappa shape index (κ1) is 45.5. The van der Waals surface area contributed by atoms with E-state index in [2.05, 4.69) is 84.9 Å². The molecule has 0 fully saturated rings. The van der Waals surface area contributed by atoms with Crippen LogP contribution in [0.1, 0.15) is 130 Å². The molecule has 3 nitrogen and oxygen atoms in total. The summed E-state index contributed by atoms with van der Waals surface area (Å²) in [5, 5.41) is 0. The van der Waals surface area contributed by atoms with Crippen LogP contribution in [0.5, 0.6) is 0 Å². The standard InChI is InChI=1S/C38H53N3.3ClH.V/c1-8-14-29-22-31(16-10-3)37(32(23-29)17-11-4)39-26-35-20-28(7)21-36(41-35)27-40-38-33(18-12-5)24-30(15-9-2)25-34(38)19-13-6;;;;/h20-27H,8-19H2,1-7H3;3*1H;/q;;;;+3/p-3. The van der Waals surface area contributed by atoms with Gasteiger partial charge in [-0.25, -0.2) is 4.98 Å². The van der Waals surface area contributed by atoms with E-state index in [-0.39, 0.29) is 55.8 Å². The van der Waals surface area contributed by atoms with Crippen LogP contribution >= 0.6 is 0 Å². The second kappa shape index (κ2) is 24.5. The number of aryl methyl sites for hydroxylation is 7. The Morgan fingerprint density at radius 1 is 0.489 bits per heavy atom. The minimum Gasteiger partial charge on any atom is -1.00 e. The zero-order valence-electron chi connectivity index (χ0n) is 28.5. The minimum absolute atomic E-state index is 0. The number of hydrogen-bond acceptors (Lipinski definition) is 3. The van der Waals surface area contributed by atoms with Crippen molar-refractivity contribution in [2.24, 2.45) is 9.98 Å². The fraction of sp³-hybridized carbons (Fsp3) is 0.500. The topological polar surface area (TPSA) is 37.6 Å². The van der Waals surface area contributed by atoms with Gasteiger partial charge >= 0.3 is 18.6 Å². The third-order valence-electron chi connectivity index (χ3n) is 7.47. The molecule has 0 spiro atoms. The third-order valence-corrected chi connectivity index (χ3v) is 7.47. The van der Waals surface area contributed by atoms with Crippen molar-refractivity contribution < 1.29 is 55.8 Å². The molecule has 45 heavy (non-hydrogen) atoms. The van der Waals surface area contributed by atoms with Gasteiger partial charge in [0.05, 0.1) is 35.2 Å². The Kier molecular flexibility index (Phi) is 24.8. The first-order valence-electron chi connectivity index (χ1n) is 16.3. The van der Waals surface area contributed by atoms with E-state index < -0.39 is 0 Å². The largest absolute Gasteiger partial charge is 3.00 e. The Hall–Kier alpha value is -1.62. The van der Waals surface area contributed by atoms with Crippen molar-refractivity contribution in [2.45, 2.75) is 126 Å². The van der Waals surface area contributed by atoms with Crippen LogP contribution < -0.4 is 37.2 Å². The molecule has 3 rings (SSSR count). The molecule has 0 atom stereocenters. The zero-order valence-corrected chi connectivity index (χ0v) is 32.2. The summed E-state index contributed by atoms with van der Waals surface area (Å²) in [5.74, 6) is 0. The molecule has 0 radical (unpaired) electrons. The van der Waals surface area contributed by atoms with Crippen molar-refractivity contribution in [3.05, 3.63) is 86.7 Å². The van der Waals surface area contributed by atoms with Gasteiger partial charge < -0.3 is 37.2 Å². The van der Waals surface area contributed by atoms with Crippen molar-refractivity contribution in [1.82, 2.24) is 4.98 Å². The molecule has 0 aliphatic rings. The van der Waals surface area contributed by atoms with Crippen LogP contribution in [-0.4, -0.2) is 17.4 Å². The molecular weight excluding hydrogens is 656 g/mol. The second-order valence-corrected chi connectivity index (χ2v) is 11.5. The fourth-order valence-electron chi connectivity index (χ4n) is 5.82. The van der Waals surface area contributed by atoms with Crippen LogP contribution in [0, 0.1) is 6.92 Å². The zero-order chi connectivity index (χ0) is 29.6.